The molecule has 88 valence electrons. The van der Waals surface area contributed by atoms with Crippen LogP contribution in [0.1, 0.15) is 13.3 Å². The van der Waals surface area contributed by atoms with Crippen LogP contribution in [0.15, 0.2) is 0 Å². The lowest BCUT2D eigenvalue weighted by atomic mass is 10.3. The van der Waals surface area contributed by atoms with Gasteiger partial charge in [0.15, 0.2) is 5.25 Å². The van der Waals surface area contributed by atoms with Gasteiger partial charge in [0.25, 0.3) is 0 Å². The number of rotatable bonds is 3. The second-order valence-corrected chi connectivity index (χ2v) is 5.76. The summed E-state index contributed by atoms with van der Waals surface area (Å²) in [6.45, 7) is 1.60. The molecule has 1 saturated heterocycles. The minimum absolute atomic E-state index is 0.0592. The summed E-state index contributed by atoms with van der Waals surface area (Å²) in [4.78, 5) is 11.1. The van der Waals surface area contributed by atoms with Crippen LogP contribution in [0.4, 0.5) is 0 Å². The first kappa shape index (κ1) is 12.4. The molecule has 0 radical (unpaired) electrons. The second kappa shape index (κ2) is 4.46. The van der Waals surface area contributed by atoms with Gasteiger partial charge in [0, 0.05) is 13.1 Å². The molecule has 6 nitrogen and oxygen atoms in total. The number of ether oxygens (including phenoxy) is 1. The summed E-state index contributed by atoms with van der Waals surface area (Å²) in [5, 5.41) is 8.00. The molecule has 15 heavy (non-hydrogen) atoms. The Balaban J connectivity index is 2.79. The van der Waals surface area contributed by atoms with Gasteiger partial charge in [-0.25, -0.2) is 8.42 Å². The highest BCUT2D eigenvalue weighted by Crippen LogP contribution is 2.17. The maximum absolute atomic E-state index is 11.8. The van der Waals surface area contributed by atoms with Crippen molar-refractivity contribution in [3.05, 3.63) is 0 Å². The van der Waals surface area contributed by atoms with Crippen LogP contribution in [0.5, 0.6) is 0 Å². The van der Waals surface area contributed by atoms with Crippen LogP contribution in [0.2, 0.25) is 0 Å². The Morgan fingerprint density at radius 1 is 1.60 bits per heavy atom. The molecule has 1 rings (SSSR count). The van der Waals surface area contributed by atoms with E-state index in [1.807, 2.05) is 0 Å². The number of nitrogens with zero attached hydrogens (tertiary/aromatic N) is 1. The lowest BCUT2D eigenvalue weighted by Gasteiger charge is -2.19. The number of aliphatic hydroxyl groups excluding tert-OH is 1. The monoisotopic (exact) mass is 237 g/mol. The molecule has 1 N–H and O–H groups in total. The van der Waals surface area contributed by atoms with Crippen molar-refractivity contribution in [2.75, 3.05) is 20.2 Å². The molecule has 0 aliphatic carbocycles. The van der Waals surface area contributed by atoms with Gasteiger partial charge in [-0.15, -0.1) is 0 Å². The maximum atomic E-state index is 11.8. The van der Waals surface area contributed by atoms with Crippen molar-refractivity contribution < 1.29 is 23.1 Å². The molecule has 1 heterocycles. The summed E-state index contributed by atoms with van der Waals surface area (Å²) >= 11 is 0. The Labute approximate surface area is 88.9 Å². The third kappa shape index (κ3) is 2.47. The number of carbonyl (C=O) groups excluding carboxylic acids is 1. The Hall–Kier alpha value is -0.660. The van der Waals surface area contributed by atoms with Crippen molar-refractivity contribution >= 4 is 16.0 Å². The van der Waals surface area contributed by atoms with Gasteiger partial charge in [-0.05, 0) is 13.3 Å². The van der Waals surface area contributed by atoms with E-state index in [0.29, 0.717) is 6.42 Å². The predicted octanol–water partition coefficient (Wildman–Crippen LogP) is -1.06. The molecule has 2 unspecified atom stereocenters. The third-order valence-electron chi connectivity index (χ3n) is 2.47. The highest BCUT2D eigenvalue weighted by molar-refractivity contribution is 7.90. The van der Waals surface area contributed by atoms with Crippen molar-refractivity contribution in [1.29, 1.82) is 0 Å². The van der Waals surface area contributed by atoms with E-state index in [9.17, 15) is 18.3 Å². The van der Waals surface area contributed by atoms with Crippen LogP contribution >= 0.6 is 0 Å². The van der Waals surface area contributed by atoms with E-state index < -0.39 is 27.3 Å². The van der Waals surface area contributed by atoms with Crippen LogP contribution in [-0.2, 0) is 19.6 Å². The van der Waals surface area contributed by atoms with E-state index in [1.54, 1.807) is 0 Å². The van der Waals surface area contributed by atoms with Crippen LogP contribution in [-0.4, -0.2) is 55.4 Å². The van der Waals surface area contributed by atoms with E-state index in [0.717, 1.165) is 11.4 Å². The number of carbonyl (C=O) groups is 1. The molecular weight excluding hydrogens is 222 g/mol. The van der Waals surface area contributed by atoms with E-state index >= 15 is 0 Å². The molecule has 0 aromatic carbocycles. The summed E-state index contributed by atoms with van der Waals surface area (Å²) < 4.78 is 29.1. The van der Waals surface area contributed by atoms with Crippen LogP contribution in [0.3, 0.4) is 0 Å². The van der Waals surface area contributed by atoms with E-state index in [2.05, 4.69) is 4.74 Å². The molecule has 2 atom stereocenters. The van der Waals surface area contributed by atoms with Crippen molar-refractivity contribution in [3.63, 3.8) is 0 Å². The van der Waals surface area contributed by atoms with Crippen molar-refractivity contribution in [3.8, 4) is 0 Å². The van der Waals surface area contributed by atoms with Gasteiger partial charge in [-0.1, -0.05) is 0 Å². The lowest BCUT2D eigenvalue weighted by Crippen LogP contribution is -2.40. The molecule has 1 fully saturated rings. The Kier molecular flexibility index (Phi) is 3.69. The maximum Gasteiger partial charge on any atom is 0.325 e. The highest BCUT2D eigenvalue weighted by atomic mass is 32.2. The summed E-state index contributed by atoms with van der Waals surface area (Å²) in [6.07, 6.45) is -0.225. The van der Waals surface area contributed by atoms with Gasteiger partial charge in [0.2, 0.25) is 10.0 Å². The first-order valence-corrected chi connectivity index (χ1v) is 6.14. The van der Waals surface area contributed by atoms with Gasteiger partial charge >= 0.3 is 5.97 Å². The van der Waals surface area contributed by atoms with Crippen LogP contribution in [0.25, 0.3) is 0 Å². The number of methoxy groups -OCH3 is 1. The minimum atomic E-state index is -3.68. The Bertz CT molecular complexity index is 339. The molecule has 0 saturated carbocycles. The van der Waals surface area contributed by atoms with Gasteiger partial charge in [-0.3, -0.25) is 4.79 Å². The van der Waals surface area contributed by atoms with Gasteiger partial charge in [0.05, 0.1) is 13.2 Å². The third-order valence-corrected chi connectivity index (χ3v) is 4.60. The Morgan fingerprint density at radius 3 is 2.60 bits per heavy atom. The molecular formula is C8H15NO5S. The van der Waals surface area contributed by atoms with Gasteiger partial charge < -0.3 is 9.84 Å². The van der Waals surface area contributed by atoms with E-state index in [1.165, 1.54) is 6.92 Å². The second-order valence-electron chi connectivity index (χ2n) is 3.51. The number of esters is 1. The van der Waals surface area contributed by atoms with Gasteiger partial charge in [0.1, 0.15) is 0 Å². The van der Waals surface area contributed by atoms with E-state index in [4.69, 9.17) is 0 Å². The highest BCUT2D eigenvalue weighted by Gasteiger charge is 2.38. The van der Waals surface area contributed by atoms with E-state index in [-0.39, 0.29) is 13.1 Å². The largest absolute Gasteiger partial charge is 0.468 e. The number of β-amino-alcohol motifs (C(OH)–C–C–N with tert-alkyl or cyclic N) is 1. The average Bonchev–Trinajstić information content (AvgIpc) is 2.63. The SMILES string of the molecule is COC(=O)C(C)S(=O)(=O)N1CCC(O)C1. The molecule has 7 heteroatoms. The first-order valence-electron chi connectivity index (χ1n) is 4.64. The lowest BCUT2D eigenvalue weighted by molar-refractivity contribution is -0.139. The van der Waals surface area contributed by atoms with Crippen molar-refractivity contribution in [2.45, 2.75) is 24.7 Å². The summed E-state index contributed by atoms with van der Waals surface area (Å²) in [5.74, 6) is -0.781. The molecule has 0 bridgehead atoms. The van der Waals surface area contributed by atoms with Crippen molar-refractivity contribution in [1.82, 2.24) is 4.31 Å². The number of aliphatic hydroxyl groups is 1. The quantitative estimate of drug-likeness (QED) is 0.633. The molecule has 0 spiro atoms. The fourth-order valence-electron chi connectivity index (χ4n) is 1.45. The predicted molar refractivity (Wildman–Crippen MR) is 52.6 cm³/mol. The summed E-state index contributed by atoms with van der Waals surface area (Å²) in [6, 6.07) is 0. The zero-order valence-corrected chi connectivity index (χ0v) is 9.53. The normalized spacial score (nSPS) is 25.1. The number of hydrogen-bond donors (Lipinski definition) is 1. The molecule has 1 aliphatic heterocycles. The molecule has 0 amide bonds. The van der Waals surface area contributed by atoms with Crippen LogP contribution in [0, 0.1) is 0 Å². The summed E-state index contributed by atoms with van der Waals surface area (Å²) in [7, 11) is -2.54. The first-order chi connectivity index (χ1) is 6.89. The Morgan fingerprint density at radius 2 is 2.20 bits per heavy atom. The van der Waals surface area contributed by atoms with Crippen LogP contribution < -0.4 is 0 Å². The van der Waals surface area contributed by atoms with Gasteiger partial charge in [-0.2, -0.15) is 4.31 Å². The molecule has 1 aliphatic rings. The standard InChI is InChI=1S/C8H15NO5S/c1-6(8(11)14-2)15(12,13)9-4-3-7(10)5-9/h6-7,10H,3-5H2,1-2H3. The number of sulfonamides is 1. The zero-order chi connectivity index (χ0) is 11.6. The zero-order valence-electron chi connectivity index (χ0n) is 8.71. The number of hydrogen-bond acceptors (Lipinski definition) is 5. The molecule has 0 aromatic rings. The summed E-state index contributed by atoms with van der Waals surface area (Å²) in [5.41, 5.74) is 0. The van der Waals surface area contributed by atoms with Crippen molar-refractivity contribution in [2.24, 2.45) is 0 Å². The average molecular weight is 237 g/mol. The smallest absolute Gasteiger partial charge is 0.325 e. The topological polar surface area (TPSA) is 83.9 Å². The fraction of sp³-hybridized carbons (Fsp3) is 0.875. The minimum Gasteiger partial charge on any atom is -0.468 e. The molecule has 0 aromatic heterocycles. The fourth-order valence-corrected chi connectivity index (χ4v) is 2.98.